The molecule has 1 aromatic carbocycles. The number of halogens is 2. The lowest BCUT2D eigenvalue weighted by molar-refractivity contribution is 0.610. The summed E-state index contributed by atoms with van der Waals surface area (Å²) in [5.41, 5.74) is 1.87. The monoisotopic (exact) mass is 216 g/mol. The molecule has 0 fully saturated rings. The van der Waals surface area contributed by atoms with Crippen molar-refractivity contribution in [2.24, 2.45) is 0 Å². The van der Waals surface area contributed by atoms with E-state index in [0.29, 0.717) is 0 Å². The van der Waals surface area contributed by atoms with E-state index in [1.807, 2.05) is 19.9 Å². The zero-order valence-corrected chi connectivity index (χ0v) is 8.20. The second kappa shape index (κ2) is 3.35. The molecule has 0 radical (unpaired) electrons. The van der Waals surface area contributed by atoms with E-state index in [0.717, 1.165) is 22.0 Å². The van der Waals surface area contributed by atoms with Gasteiger partial charge in [-0.25, -0.2) is 4.39 Å². The smallest absolute Gasteiger partial charge is 0.127 e. The van der Waals surface area contributed by atoms with Crippen LogP contribution in [0.25, 0.3) is 0 Å². The van der Waals surface area contributed by atoms with Crippen LogP contribution in [0.2, 0.25) is 0 Å². The summed E-state index contributed by atoms with van der Waals surface area (Å²) < 4.78 is 13.8. The van der Waals surface area contributed by atoms with Gasteiger partial charge in [0.2, 0.25) is 0 Å². The van der Waals surface area contributed by atoms with E-state index in [1.54, 1.807) is 0 Å². The molecule has 0 saturated heterocycles. The third kappa shape index (κ3) is 1.80. The standard InChI is InChI=1S/C9H10BrF/c1-3-7-4-6(2)8(10)5-9(7)11/h4-5H,3H2,1-2H3. The molecule has 0 heterocycles. The minimum Gasteiger partial charge on any atom is -0.207 e. The molecule has 0 atom stereocenters. The number of benzene rings is 1. The molecule has 0 aromatic heterocycles. The Morgan fingerprint density at radius 3 is 2.64 bits per heavy atom. The molecular weight excluding hydrogens is 207 g/mol. The summed E-state index contributed by atoms with van der Waals surface area (Å²) in [4.78, 5) is 0. The van der Waals surface area contributed by atoms with Gasteiger partial charge in [0.15, 0.2) is 0 Å². The predicted molar refractivity (Wildman–Crippen MR) is 48.2 cm³/mol. The quantitative estimate of drug-likeness (QED) is 0.675. The Labute approximate surface area is 74.6 Å². The molecule has 1 aromatic rings. The second-order valence-corrected chi connectivity index (χ2v) is 3.40. The molecule has 0 aliphatic rings. The number of hydrogen-bond acceptors (Lipinski definition) is 0. The summed E-state index contributed by atoms with van der Waals surface area (Å²) in [6.45, 7) is 3.91. The molecule has 0 aliphatic carbocycles. The van der Waals surface area contributed by atoms with Crippen LogP contribution < -0.4 is 0 Å². The summed E-state index contributed by atoms with van der Waals surface area (Å²) in [6, 6.07) is 3.40. The zero-order chi connectivity index (χ0) is 8.43. The van der Waals surface area contributed by atoms with E-state index >= 15 is 0 Å². The average Bonchev–Trinajstić information content (AvgIpc) is 1.97. The number of rotatable bonds is 1. The van der Waals surface area contributed by atoms with Crippen LogP contribution in [0, 0.1) is 12.7 Å². The molecular formula is C9H10BrF. The van der Waals surface area contributed by atoms with Crippen LogP contribution in [0.3, 0.4) is 0 Å². The van der Waals surface area contributed by atoms with E-state index in [-0.39, 0.29) is 5.82 Å². The van der Waals surface area contributed by atoms with Gasteiger partial charge < -0.3 is 0 Å². The maximum atomic E-state index is 13.0. The fourth-order valence-corrected chi connectivity index (χ4v) is 1.30. The van der Waals surface area contributed by atoms with Crippen molar-refractivity contribution in [3.8, 4) is 0 Å². The van der Waals surface area contributed by atoms with Gasteiger partial charge in [0.1, 0.15) is 5.82 Å². The SMILES string of the molecule is CCc1cc(C)c(Br)cc1F. The van der Waals surface area contributed by atoms with Gasteiger partial charge in [0.05, 0.1) is 0 Å². The molecule has 0 N–H and O–H groups in total. The Morgan fingerprint density at radius 1 is 1.45 bits per heavy atom. The first kappa shape index (κ1) is 8.72. The average molecular weight is 217 g/mol. The number of hydrogen-bond donors (Lipinski definition) is 0. The lowest BCUT2D eigenvalue weighted by Gasteiger charge is -2.02. The highest BCUT2D eigenvalue weighted by Gasteiger charge is 2.02. The van der Waals surface area contributed by atoms with Gasteiger partial charge in [-0.3, -0.25) is 0 Å². The Bertz CT molecular complexity index is 269. The lowest BCUT2D eigenvalue weighted by atomic mass is 10.1. The summed E-state index contributed by atoms with van der Waals surface area (Å²) >= 11 is 3.27. The van der Waals surface area contributed by atoms with E-state index in [4.69, 9.17) is 0 Å². The molecule has 0 spiro atoms. The van der Waals surface area contributed by atoms with E-state index in [2.05, 4.69) is 15.9 Å². The van der Waals surface area contributed by atoms with Crippen molar-refractivity contribution in [2.45, 2.75) is 20.3 Å². The van der Waals surface area contributed by atoms with Crippen molar-refractivity contribution in [3.05, 3.63) is 33.5 Å². The van der Waals surface area contributed by atoms with Crippen molar-refractivity contribution in [1.82, 2.24) is 0 Å². The molecule has 0 aliphatic heterocycles. The Kier molecular flexibility index (Phi) is 2.66. The summed E-state index contributed by atoms with van der Waals surface area (Å²) in [7, 11) is 0. The second-order valence-electron chi connectivity index (χ2n) is 2.55. The van der Waals surface area contributed by atoms with Crippen LogP contribution in [-0.2, 0) is 6.42 Å². The molecule has 0 bridgehead atoms. The molecule has 0 nitrogen and oxygen atoms in total. The third-order valence-corrected chi connectivity index (χ3v) is 2.56. The van der Waals surface area contributed by atoms with Crippen LogP contribution in [0.5, 0.6) is 0 Å². The van der Waals surface area contributed by atoms with E-state index in [1.165, 1.54) is 6.07 Å². The maximum absolute atomic E-state index is 13.0. The molecule has 11 heavy (non-hydrogen) atoms. The zero-order valence-electron chi connectivity index (χ0n) is 6.62. The fourth-order valence-electron chi connectivity index (χ4n) is 0.988. The van der Waals surface area contributed by atoms with Crippen LogP contribution >= 0.6 is 15.9 Å². The summed E-state index contributed by atoms with van der Waals surface area (Å²) in [5, 5.41) is 0. The van der Waals surface area contributed by atoms with Gasteiger partial charge in [-0.15, -0.1) is 0 Å². The van der Waals surface area contributed by atoms with Crippen molar-refractivity contribution in [2.75, 3.05) is 0 Å². The van der Waals surface area contributed by atoms with Gasteiger partial charge in [0.25, 0.3) is 0 Å². The van der Waals surface area contributed by atoms with Crippen molar-refractivity contribution < 1.29 is 4.39 Å². The van der Waals surface area contributed by atoms with Gasteiger partial charge in [-0.2, -0.15) is 0 Å². The molecule has 60 valence electrons. The van der Waals surface area contributed by atoms with Gasteiger partial charge in [-0.1, -0.05) is 28.9 Å². The maximum Gasteiger partial charge on any atom is 0.127 e. The Balaban J connectivity index is 3.21. The van der Waals surface area contributed by atoms with Gasteiger partial charge in [-0.05, 0) is 30.5 Å². The van der Waals surface area contributed by atoms with Crippen molar-refractivity contribution >= 4 is 15.9 Å². The highest BCUT2D eigenvalue weighted by Crippen LogP contribution is 2.20. The highest BCUT2D eigenvalue weighted by atomic mass is 79.9. The fraction of sp³-hybridized carbons (Fsp3) is 0.333. The van der Waals surface area contributed by atoms with Crippen LogP contribution in [0.4, 0.5) is 4.39 Å². The third-order valence-electron chi connectivity index (χ3n) is 1.71. The topological polar surface area (TPSA) is 0 Å². The largest absolute Gasteiger partial charge is 0.207 e. The summed E-state index contributed by atoms with van der Waals surface area (Å²) in [5.74, 6) is -0.120. The molecule has 2 heteroatoms. The Morgan fingerprint density at radius 2 is 2.09 bits per heavy atom. The van der Waals surface area contributed by atoms with Crippen LogP contribution in [0.15, 0.2) is 16.6 Å². The first-order valence-corrected chi connectivity index (χ1v) is 4.39. The van der Waals surface area contributed by atoms with Crippen molar-refractivity contribution in [3.63, 3.8) is 0 Å². The van der Waals surface area contributed by atoms with E-state index in [9.17, 15) is 4.39 Å². The molecule has 0 saturated carbocycles. The molecule has 0 amide bonds. The number of aryl methyl sites for hydroxylation is 2. The van der Waals surface area contributed by atoms with Crippen LogP contribution in [0.1, 0.15) is 18.1 Å². The normalized spacial score (nSPS) is 10.2. The minimum atomic E-state index is -0.120. The lowest BCUT2D eigenvalue weighted by Crippen LogP contribution is -1.89. The first-order valence-electron chi connectivity index (χ1n) is 3.59. The highest BCUT2D eigenvalue weighted by molar-refractivity contribution is 9.10. The Hall–Kier alpha value is -0.370. The minimum absolute atomic E-state index is 0.120. The van der Waals surface area contributed by atoms with Crippen LogP contribution in [-0.4, -0.2) is 0 Å². The van der Waals surface area contributed by atoms with Gasteiger partial charge >= 0.3 is 0 Å². The van der Waals surface area contributed by atoms with Gasteiger partial charge in [0, 0.05) is 4.47 Å². The van der Waals surface area contributed by atoms with Crippen molar-refractivity contribution in [1.29, 1.82) is 0 Å². The van der Waals surface area contributed by atoms with E-state index < -0.39 is 0 Å². The molecule has 1 rings (SSSR count). The summed E-state index contributed by atoms with van der Waals surface area (Å²) in [6.07, 6.45) is 0.750. The first-order chi connectivity index (χ1) is 5.15. The molecule has 0 unspecified atom stereocenters. The predicted octanol–water partition coefficient (Wildman–Crippen LogP) is 3.46.